The number of rotatable bonds is 11. The fourth-order valence-electron chi connectivity index (χ4n) is 4.19. The first-order chi connectivity index (χ1) is 17.2. The summed E-state index contributed by atoms with van der Waals surface area (Å²) in [5, 5.41) is 3.67. The Morgan fingerprint density at radius 1 is 0.806 bits per heavy atom. The number of carbonyl (C=O) groups excluding carboxylic acids is 2. The van der Waals surface area contributed by atoms with Crippen LogP contribution in [0.15, 0.2) is 78.9 Å². The van der Waals surface area contributed by atoms with Gasteiger partial charge in [0.2, 0.25) is 11.8 Å². The van der Waals surface area contributed by atoms with Gasteiger partial charge in [-0.1, -0.05) is 92.2 Å². The van der Waals surface area contributed by atoms with Crippen LogP contribution >= 0.6 is 11.6 Å². The van der Waals surface area contributed by atoms with Gasteiger partial charge >= 0.3 is 0 Å². The molecule has 4 nitrogen and oxygen atoms in total. The number of amides is 2. The summed E-state index contributed by atoms with van der Waals surface area (Å²) in [6.07, 6.45) is 1.40. The number of nitrogens with zero attached hydrogens (tertiary/aromatic N) is 1. The van der Waals surface area contributed by atoms with Crippen molar-refractivity contribution >= 4 is 23.4 Å². The van der Waals surface area contributed by atoms with Crippen LogP contribution < -0.4 is 5.32 Å². The van der Waals surface area contributed by atoms with Crippen molar-refractivity contribution in [3.8, 4) is 0 Å². The molecule has 0 fully saturated rings. The molecule has 3 rings (SSSR count). The van der Waals surface area contributed by atoms with Gasteiger partial charge in [0.05, 0.1) is 0 Å². The van der Waals surface area contributed by atoms with Gasteiger partial charge in [0, 0.05) is 30.5 Å². The van der Waals surface area contributed by atoms with Crippen molar-refractivity contribution in [1.29, 1.82) is 0 Å². The fraction of sp³-hybridized carbons (Fsp3) is 0.355. The Labute approximate surface area is 220 Å². The Morgan fingerprint density at radius 3 is 2.00 bits per heavy atom. The molecule has 0 radical (unpaired) electrons. The third-order valence-electron chi connectivity index (χ3n) is 6.24. The topological polar surface area (TPSA) is 49.4 Å². The van der Waals surface area contributed by atoms with E-state index in [2.05, 4.69) is 43.4 Å². The van der Waals surface area contributed by atoms with Gasteiger partial charge in [0.1, 0.15) is 6.04 Å². The zero-order valence-corrected chi connectivity index (χ0v) is 22.5. The normalized spacial score (nSPS) is 12.0. The standard InChI is InChI=1S/C31H37ClN2O2/c1-22(2)27-15-10-24(11-16-27)14-19-30(35)34(21-26-12-17-28(32)18-13-26)29(31(36)33-23(3)4)20-25-8-6-5-7-9-25/h5-13,15-18,22-23,29H,14,19-21H2,1-4H3,(H,33,36). The van der Waals surface area contributed by atoms with Gasteiger partial charge in [-0.25, -0.2) is 0 Å². The van der Waals surface area contributed by atoms with Crippen molar-refractivity contribution in [1.82, 2.24) is 10.2 Å². The van der Waals surface area contributed by atoms with Gasteiger partial charge in [-0.15, -0.1) is 0 Å². The molecule has 1 N–H and O–H groups in total. The molecule has 0 spiro atoms. The number of halogens is 1. The van der Waals surface area contributed by atoms with Crippen molar-refractivity contribution in [2.75, 3.05) is 0 Å². The highest BCUT2D eigenvalue weighted by atomic mass is 35.5. The van der Waals surface area contributed by atoms with Crippen molar-refractivity contribution in [3.63, 3.8) is 0 Å². The van der Waals surface area contributed by atoms with Gasteiger partial charge in [-0.05, 0) is 60.6 Å². The van der Waals surface area contributed by atoms with Crippen LogP contribution in [0.5, 0.6) is 0 Å². The average molecular weight is 505 g/mol. The van der Waals surface area contributed by atoms with E-state index in [1.54, 1.807) is 4.90 Å². The second kappa shape index (κ2) is 13.3. The van der Waals surface area contributed by atoms with E-state index >= 15 is 0 Å². The lowest BCUT2D eigenvalue weighted by atomic mass is 9.99. The summed E-state index contributed by atoms with van der Waals surface area (Å²) in [4.78, 5) is 28.8. The first kappa shape index (κ1) is 27.5. The summed E-state index contributed by atoms with van der Waals surface area (Å²) >= 11 is 6.09. The molecule has 5 heteroatoms. The van der Waals surface area contributed by atoms with Gasteiger partial charge in [0.15, 0.2) is 0 Å². The largest absolute Gasteiger partial charge is 0.352 e. The lowest BCUT2D eigenvalue weighted by Gasteiger charge is -2.32. The molecule has 3 aromatic rings. The Balaban J connectivity index is 1.87. The molecular formula is C31H37ClN2O2. The summed E-state index contributed by atoms with van der Waals surface area (Å²) in [6, 6.07) is 25.1. The Hall–Kier alpha value is -3.11. The van der Waals surface area contributed by atoms with E-state index in [1.165, 1.54) is 5.56 Å². The number of hydrogen-bond acceptors (Lipinski definition) is 2. The molecule has 0 aliphatic carbocycles. The number of benzene rings is 3. The minimum atomic E-state index is -0.624. The molecule has 0 aromatic heterocycles. The molecule has 1 unspecified atom stereocenters. The molecule has 0 bridgehead atoms. The van der Waals surface area contributed by atoms with Crippen LogP contribution in [-0.2, 0) is 29.0 Å². The smallest absolute Gasteiger partial charge is 0.243 e. The van der Waals surface area contributed by atoms with Crippen molar-refractivity contribution in [2.24, 2.45) is 0 Å². The van der Waals surface area contributed by atoms with Crippen LogP contribution in [0, 0.1) is 0 Å². The predicted octanol–water partition coefficient (Wildman–Crippen LogP) is 6.56. The van der Waals surface area contributed by atoms with Gasteiger partial charge in [-0.3, -0.25) is 9.59 Å². The maximum Gasteiger partial charge on any atom is 0.243 e. The van der Waals surface area contributed by atoms with E-state index in [4.69, 9.17) is 11.6 Å². The van der Waals surface area contributed by atoms with Gasteiger partial charge < -0.3 is 10.2 Å². The number of carbonyl (C=O) groups is 2. The van der Waals surface area contributed by atoms with Crippen LogP contribution in [0.1, 0.15) is 62.3 Å². The van der Waals surface area contributed by atoms with Crippen molar-refractivity contribution < 1.29 is 9.59 Å². The van der Waals surface area contributed by atoms with Crippen LogP contribution in [0.2, 0.25) is 5.02 Å². The molecule has 190 valence electrons. The van der Waals surface area contributed by atoms with Gasteiger partial charge in [-0.2, -0.15) is 0 Å². The average Bonchev–Trinajstić information content (AvgIpc) is 2.86. The minimum Gasteiger partial charge on any atom is -0.352 e. The summed E-state index contributed by atoms with van der Waals surface area (Å²) in [7, 11) is 0. The quantitative estimate of drug-likeness (QED) is 0.321. The van der Waals surface area contributed by atoms with Crippen LogP contribution in [-0.4, -0.2) is 28.8 Å². The second-order valence-corrected chi connectivity index (χ2v) is 10.3. The van der Waals surface area contributed by atoms with Crippen molar-refractivity contribution in [3.05, 3.63) is 106 Å². The lowest BCUT2D eigenvalue weighted by Crippen LogP contribution is -2.51. The maximum absolute atomic E-state index is 13.7. The summed E-state index contributed by atoms with van der Waals surface area (Å²) < 4.78 is 0. The van der Waals surface area contributed by atoms with E-state index in [0.29, 0.717) is 36.7 Å². The number of hydrogen-bond donors (Lipinski definition) is 1. The molecule has 0 saturated carbocycles. The highest BCUT2D eigenvalue weighted by Crippen LogP contribution is 2.20. The second-order valence-electron chi connectivity index (χ2n) is 9.91. The molecule has 0 aliphatic rings. The third kappa shape index (κ3) is 8.23. The highest BCUT2D eigenvalue weighted by Gasteiger charge is 2.30. The zero-order chi connectivity index (χ0) is 26.1. The van der Waals surface area contributed by atoms with E-state index < -0.39 is 6.04 Å². The fourth-order valence-corrected chi connectivity index (χ4v) is 4.31. The van der Waals surface area contributed by atoms with E-state index in [1.807, 2.05) is 68.4 Å². The molecule has 0 saturated heterocycles. The van der Waals surface area contributed by atoms with Crippen molar-refractivity contribution in [2.45, 2.75) is 71.5 Å². The molecule has 0 heterocycles. The SMILES string of the molecule is CC(C)NC(=O)C(Cc1ccccc1)N(Cc1ccc(Cl)cc1)C(=O)CCc1ccc(C(C)C)cc1. The molecule has 1 atom stereocenters. The van der Waals surface area contributed by atoms with Crippen LogP contribution in [0.4, 0.5) is 0 Å². The minimum absolute atomic E-state index is 0.0253. The Bertz CT molecular complexity index is 1110. The van der Waals surface area contributed by atoms with E-state index in [0.717, 1.165) is 16.7 Å². The number of nitrogens with one attached hydrogen (secondary N) is 1. The molecular weight excluding hydrogens is 468 g/mol. The lowest BCUT2D eigenvalue weighted by molar-refractivity contribution is -0.141. The summed E-state index contributed by atoms with van der Waals surface area (Å²) in [5.41, 5.74) is 4.34. The molecule has 3 aromatic carbocycles. The Kier molecular flexibility index (Phi) is 10.1. The number of aryl methyl sites for hydroxylation is 1. The molecule has 0 aliphatic heterocycles. The van der Waals surface area contributed by atoms with Gasteiger partial charge in [0.25, 0.3) is 0 Å². The van der Waals surface area contributed by atoms with Crippen LogP contribution in [0.25, 0.3) is 0 Å². The summed E-state index contributed by atoms with van der Waals surface area (Å²) in [5.74, 6) is 0.281. The van der Waals surface area contributed by atoms with Crippen LogP contribution in [0.3, 0.4) is 0 Å². The summed E-state index contributed by atoms with van der Waals surface area (Å²) in [6.45, 7) is 8.54. The zero-order valence-electron chi connectivity index (χ0n) is 21.7. The highest BCUT2D eigenvalue weighted by molar-refractivity contribution is 6.30. The Morgan fingerprint density at radius 2 is 1.42 bits per heavy atom. The molecule has 36 heavy (non-hydrogen) atoms. The predicted molar refractivity (Wildman–Crippen MR) is 148 cm³/mol. The van der Waals surface area contributed by atoms with E-state index in [-0.39, 0.29) is 17.9 Å². The van der Waals surface area contributed by atoms with E-state index in [9.17, 15) is 9.59 Å². The third-order valence-corrected chi connectivity index (χ3v) is 6.49. The molecule has 2 amide bonds. The maximum atomic E-state index is 13.7. The monoisotopic (exact) mass is 504 g/mol. The first-order valence-electron chi connectivity index (χ1n) is 12.7. The first-order valence-corrected chi connectivity index (χ1v) is 13.1.